The highest BCUT2D eigenvalue weighted by Crippen LogP contribution is 2.27. The van der Waals surface area contributed by atoms with Gasteiger partial charge in [0.05, 0.1) is 26.7 Å². The van der Waals surface area contributed by atoms with Gasteiger partial charge in [0.15, 0.2) is 0 Å². The molecule has 130 valence electrons. The highest BCUT2D eigenvalue weighted by atomic mass is 32.2. The summed E-state index contributed by atoms with van der Waals surface area (Å²) in [7, 11) is 3.99. The van der Waals surface area contributed by atoms with Crippen LogP contribution in [0.1, 0.15) is 31.2 Å². The van der Waals surface area contributed by atoms with Crippen LogP contribution in [0.4, 0.5) is 0 Å². The van der Waals surface area contributed by atoms with Gasteiger partial charge in [-0.25, -0.2) is 0 Å². The molecule has 0 saturated carbocycles. The van der Waals surface area contributed by atoms with Gasteiger partial charge in [0.25, 0.3) is 0 Å². The lowest BCUT2D eigenvalue weighted by atomic mass is 10.0. The van der Waals surface area contributed by atoms with Crippen LogP contribution in [0.25, 0.3) is 5.69 Å². The van der Waals surface area contributed by atoms with Gasteiger partial charge < -0.3 is 9.64 Å². The van der Waals surface area contributed by atoms with Crippen molar-refractivity contribution in [2.75, 3.05) is 26.5 Å². The Morgan fingerprint density at radius 2 is 2.25 bits per heavy atom. The number of rotatable bonds is 6. The zero-order valence-electron chi connectivity index (χ0n) is 14.7. The number of aromatic nitrogens is 4. The lowest BCUT2D eigenvalue weighted by molar-refractivity contribution is -0.911. The van der Waals surface area contributed by atoms with E-state index in [0.717, 1.165) is 34.0 Å². The van der Waals surface area contributed by atoms with E-state index in [9.17, 15) is 0 Å². The molecule has 1 N–H and O–H groups in total. The quantitative estimate of drug-likeness (QED) is 0.803. The van der Waals surface area contributed by atoms with Crippen LogP contribution in [-0.2, 0) is 0 Å². The summed E-state index contributed by atoms with van der Waals surface area (Å²) in [5, 5.41) is 13.1. The van der Waals surface area contributed by atoms with Crippen molar-refractivity contribution in [1.82, 2.24) is 20.2 Å². The summed E-state index contributed by atoms with van der Waals surface area (Å²) < 4.78 is 7.25. The number of nitrogens with zero attached hydrogens (tertiary/aromatic N) is 4. The molecule has 1 saturated heterocycles. The van der Waals surface area contributed by atoms with E-state index in [4.69, 9.17) is 4.74 Å². The van der Waals surface area contributed by atoms with Crippen LogP contribution in [0.15, 0.2) is 23.4 Å². The summed E-state index contributed by atoms with van der Waals surface area (Å²) in [4.78, 5) is 1.67. The second kappa shape index (κ2) is 7.98. The first-order valence-electron chi connectivity index (χ1n) is 8.57. The molecule has 7 heteroatoms. The largest absolute Gasteiger partial charge is 0.494 e. The van der Waals surface area contributed by atoms with Crippen LogP contribution >= 0.6 is 11.8 Å². The molecule has 1 aromatic heterocycles. The number of aryl methyl sites for hydroxylation is 1. The van der Waals surface area contributed by atoms with E-state index < -0.39 is 0 Å². The van der Waals surface area contributed by atoms with E-state index in [-0.39, 0.29) is 0 Å². The Kier molecular flexibility index (Phi) is 5.73. The van der Waals surface area contributed by atoms with Crippen molar-refractivity contribution in [3.05, 3.63) is 23.8 Å². The Morgan fingerprint density at radius 3 is 3.04 bits per heavy atom. The molecule has 24 heavy (non-hydrogen) atoms. The maximum absolute atomic E-state index is 5.46. The molecule has 6 nitrogen and oxygen atoms in total. The summed E-state index contributed by atoms with van der Waals surface area (Å²) >= 11 is 1.73. The van der Waals surface area contributed by atoms with Gasteiger partial charge in [0.2, 0.25) is 5.16 Å². The van der Waals surface area contributed by atoms with Crippen LogP contribution in [-0.4, -0.2) is 52.7 Å². The van der Waals surface area contributed by atoms with Gasteiger partial charge >= 0.3 is 0 Å². The third kappa shape index (κ3) is 3.89. The fourth-order valence-corrected chi connectivity index (χ4v) is 4.25. The predicted octanol–water partition coefficient (Wildman–Crippen LogP) is 1.53. The number of thioether (sulfide) groups is 1. The lowest BCUT2D eigenvalue weighted by Crippen LogP contribution is -3.13. The second-order valence-electron chi connectivity index (χ2n) is 6.47. The number of quaternary nitrogens is 1. The number of tetrazole rings is 1. The Bertz CT molecular complexity index is 675. The molecular weight excluding hydrogens is 322 g/mol. The standard InChI is InChI=1S/C17H25N5OS/c1-13-7-8-16(23-3)15(12-13)22-17(18-19-20-22)24-11-9-14-6-4-5-10-21(14)2/h7-8,12,14H,4-6,9-11H2,1-3H3/p+1/t14-/m0/s1. The van der Waals surface area contributed by atoms with E-state index in [0.29, 0.717) is 0 Å². The van der Waals surface area contributed by atoms with Crippen molar-refractivity contribution in [1.29, 1.82) is 0 Å². The molecule has 1 aliphatic heterocycles. The summed E-state index contributed by atoms with van der Waals surface area (Å²) in [5.74, 6) is 1.82. The van der Waals surface area contributed by atoms with E-state index in [2.05, 4.69) is 35.6 Å². The van der Waals surface area contributed by atoms with Crippen molar-refractivity contribution in [2.24, 2.45) is 0 Å². The molecule has 0 spiro atoms. The number of methoxy groups -OCH3 is 1. The van der Waals surface area contributed by atoms with Gasteiger partial charge in [0.1, 0.15) is 11.4 Å². The molecule has 0 aliphatic carbocycles. The number of benzene rings is 1. The smallest absolute Gasteiger partial charge is 0.214 e. The molecule has 2 aromatic rings. The number of hydrogen-bond acceptors (Lipinski definition) is 5. The minimum Gasteiger partial charge on any atom is -0.494 e. The Hall–Kier alpha value is -1.60. The Labute approximate surface area is 147 Å². The summed E-state index contributed by atoms with van der Waals surface area (Å²) in [6.45, 7) is 3.36. The monoisotopic (exact) mass is 348 g/mol. The summed E-state index contributed by atoms with van der Waals surface area (Å²) in [6.07, 6.45) is 5.27. The van der Waals surface area contributed by atoms with Crippen LogP contribution in [0.2, 0.25) is 0 Å². The zero-order valence-corrected chi connectivity index (χ0v) is 15.5. The first kappa shape index (κ1) is 17.2. The Morgan fingerprint density at radius 1 is 1.38 bits per heavy atom. The van der Waals surface area contributed by atoms with E-state index in [1.54, 1.807) is 28.5 Å². The van der Waals surface area contributed by atoms with Gasteiger partial charge in [-0.3, -0.25) is 0 Å². The first-order valence-corrected chi connectivity index (χ1v) is 9.56. The van der Waals surface area contributed by atoms with Gasteiger partial charge in [0, 0.05) is 12.2 Å². The number of nitrogens with one attached hydrogen (secondary N) is 1. The van der Waals surface area contributed by atoms with Crippen molar-refractivity contribution in [3.8, 4) is 11.4 Å². The number of ether oxygens (including phenoxy) is 1. The van der Waals surface area contributed by atoms with E-state index in [1.165, 1.54) is 32.2 Å². The van der Waals surface area contributed by atoms with Crippen LogP contribution < -0.4 is 9.64 Å². The van der Waals surface area contributed by atoms with Gasteiger partial charge in [-0.2, -0.15) is 4.68 Å². The summed E-state index contributed by atoms with van der Waals surface area (Å²) in [6, 6.07) is 6.81. The maximum Gasteiger partial charge on any atom is 0.214 e. The lowest BCUT2D eigenvalue weighted by Gasteiger charge is -2.29. The molecule has 1 aromatic carbocycles. The zero-order chi connectivity index (χ0) is 16.9. The molecule has 0 amide bonds. The number of piperidine rings is 1. The molecule has 1 fully saturated rings. The maximum atomic E-state index is 5.46. The molecule has 1 aliphatic rings. The second-order valence-corrected chi connectivity index (χ2v) is 7.54. The number of likely N-dealkylation sites (tertiary alicyclic amines) is 1. The average Bonchev–Trinajstić information content (AvgIpc) is 3.05. The normalized spacial score (nSPS) is 21.0. The van der Waals surface area contributed by atoms with Crippen LogP contribution in [0.3, 0.4) is 0 Å². The van der Waals surface area contributed by atoms with Crippen molar-refractivity contribution >= 4 is 11.8 Å². The third-order valence-electron chi connectivity index (χ3n) is 4.77. The van der Waals surface area contributed by atoms with Crippen molar-refractivity contribution in [2.45, 2.75) is 43.8 Å². The van der Waals surface area contributed by atoms with E-state index >= 15 is 0 Å². The SMILES string of the molecule is COc1ccc(C)cc1-n1nnnc1SCC[C@@H]1CCCC[NH+]1C. The van der Waals surface area contributed by atoms with Crippen molar-refractivity contribution < 1.29 is 9.64 Å². The van der Waals surface area contributed by atoms with E-state index in [1.807, 2.05) is 12.1 Å². The molecule has 0 radical (unpaired) electrons. The third-order valence-corrected chi connectivity index (χ3v) is 5.72. The van der Waals surface area contributed by atoms with Crippen LogP contribution in [0.5, 0.6) is 5.75 Å². The molecule has 2 atom stereocenters. The van der Waals surface area contributed by atoms with Crippen molar-refractivity contribution in [3.63, 3.8) is 0 Å². The highest BCUT2D eigenvalue weighted by molar-refractivity contribution is 7.99. The first-order chi connectivity index (χ1) is 11.7. The molecule has 3 rings (SSSR count). The Balaban J connectivity index is 1.68. The topological polar surface area (TPSA) is 57.3 Å². The molecule has 0 bridgehead atoms. The van der Waals surface area contributed by atoms with Gasteiger partial charge in [-0.15, -0.1) is 5.10 Å². The van der Waals surface area contributed by atoms with Gasteiger partial charge in [-0.05, 0) is 54.3 Å². The fraction of sp³-hybridized carbons (Fsp3) is 0.588. The molecule has 1 unspecified atom stereocenters. The fourth-order valence-electron chi connectivity index (χ4n) is 3.31. The van der Waals surface area contributed by atoms with Gasteiger partial charge in [-0.1, -0.05) is 17.8 Å². The minimum absolute atomic E-state index is 0.768. The highest BCUT2D eigenvalue weighted by Gasteiger charge is 2.22. The molecule has 2 heterocycles. The average molecular weight is 348 g/mol. The summed E-state index contributed by atoms with van der Waals surface area (Å²) in [5.41, 5.74) is 2.05. The number of hydrogen-bond donors (Lipinski definition) is 1. The predicted molar refractivity (Wildman–Crippen MR) is 95.2 cm³/mol. The molecular formula is C17H26N5OS+. The van der Waals surface area contributed by atoms with Crippen LogP contribution in [0, 0.1) is 6.92 Å². The minimum atomic E-state index is 0.768.